The number of aryl methyl sites for hydroxylation is 2. The minimum absolute atomic E-state index is 0.00987. The van der Waals surface area contributed by atoms with Gasteiger partial charge in [-0.15, -0.1) is 11.6 Å². The SMILES string of the molecule is Cc1nc2c(c(=O)n1CCOC1CCC(Cl)CC1C1CC(C)NC3C(C(=O)O)CSC13)C[C@H](N1C[C@@H]3CCC(F)(F)[C@@H]3C1)CC2. The number of hydrogen-bond donors (Lipinski definition) is 2. The fraction of sp³-hybridized carbons (Fsp3) is 0.848. The van der Waals surface area contributed by atoms with Crippen molar-refractivity contribution in [2.24, 2.45) is 29.6 Å². The molecule has 4 heterocycles. The summed E-state index contributed by atoms with van der Waals surface area (Å²) in [7, 11) is 0. The smallest absolute Gasteiger partial charge is 0.308 e. The van der Waals surface area contributed by atoms with Crippen LogP contribution in [-0.4, -0.2) is 91.8 Å². The summed E-state index contributed by atoms with van der Waals surface area (Å²) in [6, 6.07) is 0.301. The Kier molecular flexibility index (Phi) is 9.07. The Bertz CT molecular complexity index is 1350. The second-order valence-electron chi connectivity index (χ2n) is 14.8. The van der Waals surface area contributed by atoms with E-state index in [0.717, 1.165) is 43.4 Å². The highest BCUT2D eigenvalue weighted by atomic mass is 35.5. The molecule has 3 saturated heterocycles. The molecule has 1 aromatic heterocycles. The number of alkyl halides is 3. The average molecular weight is 669 g/mol. The van der Waals surface area contributed by atoms with Crippen molar-refractivity contribution < 1.29 is 23.4 Å². The van der Waals surface area contributed by atoms with E-state index >= 15 is 0 Å². The maximum Gasteiger partial charge on any atom is 0.308 e. The first-order valence-corrected chi connectivity index (χ1v) is 18.6. The molecule has 1 aromatic rings. The molecular formula is C33H47ClF2N4O4S. The molecule has 2 saturated carbocycles. The largest absolute Gasteiger partial charge is 0.481 e. The fourth-order valence-corrected chi connectivity index (χ4v) is 12.0. The first-order chi connectivity index (χ1) is 21.5. The number of carboxylic acids is 1. The van der Waals surface area contributed by atoms with E-state index in [1.807, 2.05) is 6.92 Å². The predicted molar refractivity (Wildman–Crippen MR) is 170 cm³/mol. The van der Waals surface area contributed by atoms with Crippen molar-refractivity contribution in [3.05, 3.63) is 27.4 Å². The summed E-state index contributed by atoms with van der Waals surface area (Å²) in [6.07, 6.45) is 6.31. The number of nitrogens with one attached hydrogen (secondary N) is 1. The van der Waals surface area contributed by atoms with Gasteiger partial charge in [0.1, 0.15) is 5.82 Å². The van der Waals surface area contributed by atoms with E-state index in [-0.39, 0.29) is 64.6 Å². The van der Waals surface area contributed by atoms with Gasteiger partial charge >= 0.3 is 5.97 Å². The van der Waals surface area contributed by atoms with E-state index in [0.29, 0.717) is 63.0 Å². The van der Waals surface area contributed by atoms with Gasteiger partial charge in [-0.1, -0.05) is 0 Å². The van der Waals surface area contributed by atoms with Crippen molar-refractivity contribution in [2.45, 2.75) is 119 Å². The monoisotopic (exact) mass is 668 g/mol. The lowest BCUT2D eigenvalue weighted by molar-refractivity contribution is -0.142. The molecular weight excluding hydrogens is 622 g/mol. The van der Waals surface area contributed by atoms with E-state index in [9.17, 15) is 23.5 Å². The van der Waals surface area contributed by atoms with Gasteiger partial charge in [0.2, 0.25) is 0 Å². The van der Waals surface area contributed by atoms with Gasteiger partial charge < -0.3 is 15.2 Å². The van der Waals surface area contributed by atoms with Gasteiger partial charge in [0.25, 0.3) is 11.5 Å². The molecule has 12 heteroatoms. The van der Waals surface area contributed by atoms with Crippen LogP contribution in [-0.2, 0) is 28.9 Å². The maximum atomic E-state index is 14.4. The number of likely N-dealkylation sites (tertiary alicyclic amines) is 1. The van der Waals surface area contributed by atoms with Gasteiger partial charge in [-0.3, -0.25) is 19.1 Å². The lowest BCUT2D eigenvalue weighted by atomic mass is 9.70. The summed E-state index contributed by atoms with van der Waals surface area (Å²) in [5, 5.41) is 13.7. The number of aliphatic carboxylic acids is 1. The van der Waals surface area contributed by atoms with Crippen LogP contribution in [0, 0.1) is 36.5 Å². The molecule has 7 rings (SSSR count). The van der Waals surface area contributed by atoms with Crippen molar-refractivity contribution in [3.63, 3.8) is 0 Å². The molecule has 11 atom stereocenters. The summed E-state index contributed by atoms with van der Waals surface area (Å²) in [5.74, 6) is -2.27. The van der Waals surface area contributed by atoms with Crippen LogP contribution in [0.2, 0.25) is 0 Å². The van der Waals surface area contributed by atoms with Crippen LogP contribution >= 0.6 is 23.4 Å². The van der Waals surface area contributed by atoms with E-state index in [4.69, 9.17) is 21.3 Å². The molecule has 0 amide bonds. The fourth-order valence-electron chi connectivity index (χ4n) is 9.83. The average Bonchev–Trinajstić information content (AvgIpc) is 3.70. The van der Waals surface area contributed by atoms with Gasteiger partial charge in [-0.2, -0.15) is 11.8 Å². The Morgan fingerprint density at radius 3 is 2.80 bits per heavy atom. The summed E-state index contributed by atoms with van der Waals surface area (Å²) in [4.78, 5) is 32.9. The zero-order valence-electron chi connectivity index (χ0n) is 26.3. The Balaban J connectivity index is 1.02. The van der Waals surface area contributed by atoms with Crippen molar-refractivity contribution in [2.75, 3.05) is 25.4 Å². The minimum atomic E-state index is -2.57. The highest BCUT2D eigenvalue weighted by Gasteiger charge is 2.55. The Labute approximate surface area is 273 Å². The second-order valence-corrected chi connectivity index (χ2v) is 16.6. The normalized spacial score (nSPS) is 41.0. The number of nitrogens with zero attached hydrogens (tertiary/aromatic N) is 3. The number of hydrogen-bond acceptors (Lipinski definition) is 7. The number of rotatable bonds is 7. The van der Waals surface area contributed by atoms with Gasteiger partial charge in [0.15, 0.2) is 0 Å². The number of ether oxygens (including phenoxy) is 1. The molecule has 8 unspecified atom stereocenters. The quantitative estimate of drug-likeness (QED) is 0.414. The van der Waals surface area contributed by atoms with Crippen molar-refractivity contribution in [1.82, 2.24) is 19.8 Å². The first kappa shape index (κ1) is 32.3. The number of halogens is 3. The van der Waals surface area contributed by atoms with E-state index in [1.54, 1.807) is 16.3 Å². The Morgan fingerprint density at radius 1 is 1.20 bits per heavy atom. The molecule has 3 aliphatic carbocycles. The molecule has 45 heavy (non-hydrogen) atoms. The summed E-state index contributed by atoms with van der Waals surface area (Å²) in [6.45, 7) is 5.97. The van der Waals surface area contributed by atoms with Crippen molar-refractivity contribution in [1.29, 1.82) is 0 Å². The highest BCUT2D eigenvalue weighted by Crippen LogP contribution is 2.50. The number of thioether (sulfide) groups is 1. The van der Waals surface area contributed by atoms with Crippen molar-refractivity contribution in [3.8, 4) is 0 Å². The third-order valence-corrected chi connectivity index (χ3v) is 14.1. The minimum Gasteiger partial charge on any atom is -0.481 e. The Morgan fingerprint density at radius 2 is 2.02 bits per heavy atom. The first-order valence-electron chi connectivity index (χ1n) is 17.1. The van der Waals surface area contributed by atoms with E-state index in [2.05, 4.69) is 17.1 Å². The summed E-state index contributed by atoms with van der Waals surface area (Å²) < 4.78 is 37.2. The van der Waals surface area contributed by atoms with Crippen LogP contribution in [0.5, 0.6) is 0 Å². The molecule has 0 radical (unpaired) electrons. The van der Waals surface area contributed by atoms with Gasteiger partial charge in [-0.05, 0) is 83.0 Å². The highest BCUT2D eigenvalue weighted by molar-refractivity contribution is 8.00. The zero-order valence-corrected chi connectivity index (χ0v) is 27.9. The predicted octanol–water partition coefficient (Wildman–Crippen LogP) is 4.36. The number of carbonyl (C=O) groups is 1. The topological polar surface area (TPSA) is 96.7 Å². The molecule has 250 valence electrons. The Hall–Kier alpha value is -1.27. The molecule has 0 bridgehead atoms. The van der Waals surface area contributed by atoms with Gasteiger partial charge in [0, 0.05) is 65.5 Å². The van der Waals surface area contributed by atoms with Crippen LogP contribution in [0.15, 0.2) is 4.79 Å². The molecule has 0 aromatic carbocycles. The molecule has 0 spiro atoms. The molecule has 2 N–H and O–H groups in total. The standard InChI is InChI=1S/C33H47ClF2N4O4S/c1-17-11-23(30-29(37-17)25(16-45-30)32(42)43)22-12-20(34)3-6-28(22)44-10-9-40-18(2)38-27-5-4-21(13-24(27)31(40)41)39-14-19-7-8-33(35,36)26(19)15-39/h17,19-23,25-26,28-30,37H,3-16H2,1-2H3,(H,42,43)/t17?,19-,20?,21+,22?,23?,25?,26+,28?,29?,30?/m0/s1. The van der Waals surface area contributed by atoms with Gasteiger partial charge in [0.05, 0.1) is 30.9 Å². The van der Waals surface area contributed by atoms with Crippen LogP contribution in [0.3, 0.4) is 0 Å². The number of piperidine rings is 1. The van der Waals surface area contributed by atoms with Crippen LogP contribution < -0.4 is 10.9 Å². The van der Waals surface area contributed by atoms with Crippen LogP contribution in [0.4, 0.5) is 8.78 Å². The second kappa shape index (κ2) is 12.6. The summed E-state index contributed by atoms with van der Waals surface area (Å²) in [5.41, 5.74) is 1.58. The van der Waals surface area contributed by atoms with Crippen LogP contribution in [0.1, 0.15) is 69.0 Å². The van der Waals surface area contributed by atoms with E-state index < -0.39 is 17.8 Å². The summed E-state index contributed by atoms with van der Waals surface area (Å²) >= 11 is 8.51. The number of carboxylic acid groups (broad SMARTS) is 1. The van der Waals surface area contributed by atoms with Crippen molar-refractivity contribution >= 4 is 29.3 Å². The van der Waals surface area contributed by atoms with Crippen LogP contribution in [0.25, 0.3) is 0 Å². The zero-order chi connectivity index (χ0) is 31.6. The third kappa shape index (κ3) is 6.11. The lowest BCUT2D eigenvalue weighted by Crippen LogP contribution is -2.57. The lowest BCUT2D eigenvalue weighted by Gasteiger charge is -2.47. The van der Waals surface area contributed by atoms with Gasteiger partial charge in [-0.25, -0.2) is 13.8 Å². The number of aromatic nitrogens is 2. The number of fused-ring (bicyclic) bond motifs is 3. The third-order valence-electron chi connectivity index (χ3n) is 12.1. The molecule has 8 nitrogen and oxygen atoms in total. The molecule has 3 aliphatic heterocycles. The molecule has 6 aliphatic rings. The molecule has 5 fully saturated rings. The maximum absolute atomic E-state index is 14.4. The van der Waals surface area contributed by atoms with E-state index in [1.165, 1.54) is 0 Å².